The number of fused-ring (bicyclic) bond motifs is 1. The SMILES string of the molecule is O=C(COc1ccccc1)N1CCC[C@H]1c1nc2ccccc2[nH]1. The molecule has 4 rings (SSSR count). The average Bonchev–Trinajstić information content (AvgIpc) is 3.26. The first-order chi connectivity index (χ1) is 11.8. The van der Waals surface area contributed by atoms with E-state index in [1.807, 2.05) is 59.5 Å². The van der Waals surface area contributed by atoms with E-state index in [1.165, 1.54) is 0 Å². The minimum absolute atomic E-state index is 0.00168. The van der Waals surface area contributed by atoms with E-state index in [9.17, 15) is 4.79 Å². The molecule has 1 N–H and O–H groups in total. The summed E-state index contributed by atoms with van der Waals surface area (Å²) in [6.07, 6.45) is 1.91. The van der Waals surface area contributed by atoms with Crippen molar-refractivity contribution in [2.75, 3.05) is 13.2 Å². The maximum Gasteiger partial charge on any atom is 0.261 e. The van der Waals surface area contributed by atoms with Gasteiger partial charge in [-0.25, -0.2) is 4.98 Å². The molecule has 0 saturated carbocycles. The number of hydrogen-bond acceptors (Lipinski definition) is 3. The number of aromatic amines is 1. The van der Waals surface area contributed by atoms with Crippen molar-refractivity contribution in [3.63, 3.8) is 0 Å². The highest BCUT2D eigenvalue weighted by molar-refractivity contribution is 5.79. The molecular weight excluding hydrogens is 302 g/mol. The summed E-state index contributed by atoms with van der Waals surface area (Å²) in [6.45, 7) is 0.805. The molecule has 0 radical (unpaired) electrons. The van der Waals surface area contributed by atoms with Gasteiger partial charge in [-0.15, -0.1) is 0 Å². The van der Waals surface area contributed by atoms with Gasteiger partial charge >= 0.3 is 0 Å². The summed E-state index contributed by atoms with van der Waals surface area (Å²) >= 11 is 0. The predicted molar refractivity (Wildman–Crippen MR) is 91.7 cm³/mol. The highest BCUT2D eigenvalue weighted by Gasteiger charge is 2.32. The first-order valence-corrected chi connectivity index (χ1v) is 8.23. The van der Waals surface area contributed by atoms with Gasteiger partial charge in [0.05, 0.1) is 17.1 Å². The number of para-hydroxylation sites is 3. The Labute approximate surface area is 140 Å². The lowest BCUT2D eigenvalue weighted by Gasteiger charge is -2.23. The van der Waals surface area contributed by atoms with Crippen LogP contribution in [-0.2, 0) is 4.79 Å². The average molecular weight is 321 g/mol. The largest absolute Gasteiger partial charge is 0.484 e. The molecule has 1 aromatic heterocycles. The zero-order chi connectivity index (χ0) is 16.4. The van der Waals surface area contributed by atoms with E-state index < -0.39 is 0 Å². The van der Waals surface area contributed by atoms with Gasteiger partial charge < -0.3 is 14.6 Å². The molecule has 1 saturated heterocycles. The number of H-pyrrole nitrogens is 1. The smallest absolute Gasteiger partial charge is 0.261 e. The van der Waals surface area contributed by atoms with Crippen LogP contribution < -0.4 is 4.74 Å². The lowest BCUT2D eigenvalue weighted by Crippen LogP contribution is -2.34. The molecular formula is C19H19N3O2. The molecule has 5 heteroatoms. The van der Waals surface area contributed by atoms with E-state index in [1.54, 1.807) is 0 Å². The van der Waals surface area contributed by atoms with Crippen LogP contribution in [0.4, 0.5) is 0 Å². The quantitative estimate of drug-likeness (QED) is 0.802. The summed E-state index contributed by atoms with van der Waals surface area (Å²) in [5, 5.41) is 0. The standard InChI is InChI=1S/C19H19N3O2/c23-18(13-24-14-7-2-1-3-8-14)22-12-6-11-17(22)19-20-15-9-4-5-10-16(15)21-19/h1-5,7-10,17H,6,11-13H2,(H,20,21)/t17-/m0/s1. The van der Waals surface area contributed by atoms with Crippen LogP contribution in [-0.4, -0.2) is 33.9 Å². The topological polar surface area (TPSA) is 58.2 Å². The fourth-order valence-corrected chi connectivity index (χ4v) is 3.22. The fraction of sp³-hybridized carbons (Fsp3) is 0.263. The van der Waals surface area contributed by atoms with E-state index in [-0.39, 0.29) is 18.6 Å². The van der Waals surface area contributed by atoms with E-state index >= 15 is 0 Å². The molecule has 0 aliphatic carbocycles. The number of carbonyl (C=O) groups excluding carboxylic acids is 1. The number of ether oxygens (including phenoxy) is 1. The lowest BCUT2D eigenvalue weighted by atomic mass is 10.2. The van der Waals surface area contributed by atoms with E-state index in [0.29, 0.717) is 5.75 Å². The van der Waals surface area contributed by atoms with Crippen LogP contribution in [0.2, 0.25) is 0 Å². The first kappa shape index (κ1) is 14.8. The normalized spacial score (nSPS) is 17.3. The number of amides is 1. The third kappa shape index (κ3) is 2.85. The van der Waals surface area contributed by atoms with Crippen molar-refractivity contribution in [1.29, 1.82) is 0 Å². The molecule has 1 amide bonds. The summed E-state index contributed by atoms with van der Waals surface area (Å²) in [4.78, 5) is 22.5. The van der Waals surface area contributed by atoms with Gasteiger partial charge in [0.15, 0.2) is 6.61 Å². The number of carbonyl (C=O) groups is 1. The summed E-state index contributed by atoms with van der Waals surface area (Å²) in [5.41, 5.74) is 1.94. The number of hydrogen-bond donors (Lipinski definition) is 1. The van der Waals surface area contributed by atoms with Crippen molar-refractivity contribution in [2.45, 2.75) is 18.9 Å². The van der Waals surface area contributed by atoms with E-state index in [0.717, 1.165) is 36.2 Å². The molecule has 3 aromatic rings. The van der Waals surface area contributed by atoms with Crippen LogP contribution in [0.3, 0.4) is 0 Å². The highest BCUT2D eigenvalue weighted by atomic mass is 16.5. The number of aromatic nitrogens is 2. The van der Waals surface area contributed by atoms with Gasteiger partial charge in [0.1, 0.15) is 11.6 Å². The summed E-state index contributed by atoms with van der Waals surface area (Å²) in [7, 11) is 0. The van der Waals surface area contributed by atoms with Crippen molar-refractivity contribution in [1.82, 2.24) is 14.9 Å². The number of benzene rings is 2. The van der Waals surface area contributed by atoms with Crippen LogP contribution in [0.5, 0.6) is 5.75 Å². The number of rotatable bonds is 4. The Hall–Kier alpha value is -2.82. The van der Waals surface area contributed by atoms with E-state index in [2.05, 4.69) is 9.97 Å². The fourth-order valence-electron chi connectivity index (χ4n) is 3.22. The maximum absolute atomic E-state index is 12.6. The van der Waals surface area contributed by atoms with Crippen molar-refractivity contribution in [3.05, 3.63) is 60.4 Å². The lowest BCUT2D eigenvalue weighted by molar-refractivity contribution is -0.134. The summed E-state index contributed by atoms with van der Waals surface area (Å²) in [5.74, 6) is 1.58. The third-order valence-corrected chi connectivity index (χ3v) is 4.40. The van der Waals surface area contributed by atoms with Gasteiger partial charge in [-0.1, -0.05) is 30.3 Å². The Kier molecular flexibility index (Phi) is 3.91. The zero-order valence-corrected chi connectivity index (χ0v) is 13.3. The molecule has 2 heterocycles. The molecule has 2 aromatic carbocycles. The van der Waals surface area contributed by atoms with Gasteiger partial charge in [0.2, 0.25) is 0 Å². The number of imidazole rings is 1. The van der Waals surface area contributed by atoms with Crippen LogP contribution in [0.1, 0.15) is 24.7 Å². The summed E-state index contributed by atoms with van der Waals surface area (Å²) < 4.78 is 5.60. The number of nitrogens with one attached hydrogen (secondary N) is 1. The molecule has 1 aliphatic rings. The van der Waals surface area contributed by atoms with Crippen LogP contribution in [0.25, 0.3) is 11.0 Å². The van der Waals surface area contributed by atoms with Gasteiger partial charge in [-0.2, -0.15) is 0 Å². The van der Waals surface area contributed by atoms with Crippen molar-refractivity contribution >= 4 is 16.9 Å². The molecule has 0 unspecified atom stereocenters. The van der Waals surface area contributed by atoms with E-state index in [4.69, 9.17) is 4.74 Å². The molecule has 5 nitrogen and oxygen atoms in total. The molecule has 122 valence electrons. The monoisotopic (exact) mass is 321 g/mol. The Balaban J connectivity index is 1.48. The van der Waals surface area contributed by atoms with Crippen LogP contribution in [0, 0.1) is 0 Å². The predicted octanol–water partition coefficient (Wildman–Crippen LogP) is 3.31. The minimum Gasteiger partial charge on any atom is -0.484 e. The Morgan fingerprint density at radius 2 is 1.96 bits per heavy atom. The van der Waals surface area contributed by atoms with Crippen molar-refractivity contribution in [2.24, 2.45) is 0 Å². The number of likely N-dealkylation sites (tertiary alicyclic amines) is 1. The molecule has 24 heavy (non-hydrogen) atoms. The van der Waals surface area contributed by atoms with Crippen molar-refractivity contribution < 1.29 is 9.53 Å². The van der Waals surface area contributed by atoms with Gasteiger partial charge in [0.25, 0.3) is 5.91 Å². The second-order valence-corrected chi connectivity index (χ2v) is 5.99. The van der Waals surface area contributed by atoms with Gasteiger partial charge in [0, 0.05) is 6.54 Å². The van der Waals surface area contributed by atoms with Crippen LogP contribution in [0.15, 0.2) is 54.6 Å². The Bertz CT molecular complexity index is 811. The summed E-state index contributed by atoms with van der Waals surface area (Å²) in [6, 6.07) is 17.4. The molecule has 0 spiro atoms. The molecule has 0 bridgehead atoms. The molecule has 1 fully saturated rings. The van der Waals surface area contributed by atoms with Gasteiger partial charge in [-0.05, 0) is 37.1 Å². The van der Waals surface area contributed by atoms with Crippen LogP contribution >= 0.6 is 0 Å². The second-order valence-electron chi connectivity index (χ2n) is 5.99. The molecule has 1 atom stereocenters. The Morgan fingerprint density at radius 1 is 1.17 bits per heavy atom. The maximum atomic E-state index is 12.6. The van der Waals surface area contributed by atoms with Gasteiger partial charge in [-0.3, -0.25) is 4.79 Å². The zero-order valence-electron chi connectivity index (χ0n) is 13.3. The Morgan fingerprint density at radius 3 is 2.79 bits per heavy atom. The third-order valence-electron chi connectivity index (χ3n) is 4.40. The number of nitrogens with zero attached hydrogens (tertiary/aromatic N) is 2. The molecule has 1 aliphatic heterocycles. The minimum atomic E-state index is 0.00168. The second kappa shape index (κ2) is 6.35. The highest BCUT2D eigenvalue weighted by Crippen LogP contribution is 2.31. The van der Waals surface area contributed by atoms with Crippen molar-refractivity contribution in [3.8, 4) is 5.75 Å². The first-order valence-electron chi connectivity index (χ1n) is 8.23.